The van der Waals surface area contributed by atoms with Gasteiger partial charge in [0.2, 0.25) is 0 Å². The summed E-state index contributed by atoms with van der Waals surface area (Å²) in [6.45, 7) is 0.698. The maximum absolute atomic E-state index is 12.9. The van der Waals surface area contributed by atoms with Crippen LogP contribution in [0.2, 0.25) is 5.02 Å². The van der Waals surface area contributed by atoms with Crippen LogP contribution in [-0.4, -0.2) is 6.54 Å². The second kappa shape index (κ2) is 6.95. The van der Waals surface area contributed by atoms with Gasteiger partial charge in [-0.2, -0.15) is 0 Å². The summed E-state index contributed by atoms with van der Waals surface area (Å²) in [7, 11) is 0. The summed E-state index contributed by atoms with van der Waals surface area (Å²) in [5.74, 6) is 5.80. The summed E-state index contributed by atoms with van der Waals surface area (Å²) in [5, 5.41) is 0.260. The fraction of sp³-hybridized carbons (Fsp3) is 0.125. The van der Waals surface area contributed by atoms with Crippen LogP contribution < -0.4 is 10.5 Å². The first-order valence-electron chi connectivity index (χ1n) is 6.05. The van der Waals surface area contributed by atoms with Gasteiger partial charge in [0, 0.05) is 5.56 Å². The first-order valence-corrected chi connectivity index (χ1v) is 6.42. The summed E-state index contributed by atoms with van der Waals surface area (Å²) in [4.78, 5) is 0. The van der Waals surface area contributed by atoms with E-state index in [4.69, 9.17) is 22.1 Å². The van der Waals surface area contributed by atoms with Crippen molar-refractivity contribution in [2.24, 2.45) is 5.73 Å². The van der Waals surface area contributed by atoms with E-state index in [0.29, 0.717) is 18.9 Å². The molecule has 0 amide bonds. The average Bonchev–Trinajstić information content (AvgIpc) is 2.45. The van der Waals surface area contributed by atoms with Gasteiger partial charge >= 0.3 is 0 Å². The van der Waals surface area contributed by atoms with Gasteiger partial charge in [0.05, 0.1) is 11.6 Å². The summed E-state index contributed by atoms with van der Waals surface area (Å²) in [6, 6.07) is 11.7. The Kier molecular flexibility index (Phi) is 5.00. The molecule has 0 saturated carbocycles. The SMILES string of the molecule is NCC#Cc1ccc(COc2ccc(F)cc2Cl)cc1. The van der Waals surface area contributed by atoms with E-state index in [1.807, 2.05) is 24.3 Å². The quantitative estimate of drug-likeness (QED) is 0.879. The number of halogens is 2. The van der Waals surface area contributed by atoms with Gasteiger partial charge in [-0.3, -0.25) is 0 Å². The highest BCUT2D eigenvalue weighted by Gasteiger charge is 2.03. The Morgan fingerprint density at radius 3 is 2.55 bits per heavy atom. The van der Waals surface area contributed by atoms with Crippen molar-refractivity contribution in [1.82, 2.24) is 0 Å². The number of benzene rings is 2. The molecule has 0 aliphatic carbocycles. The summed E-state index contributed by atoms with van der Waals surface area (Å²) >= 11 is 5.88. The van der Waals surface area contributed by atoms with Gasteiger partial charge in [-0.1, -0.05) is 35.6 Å². The molecular formula is C16H13ClFNO. The molecule has 2 aromatic carbocycles. The molecule has 2 rings (SSSR count). The van der Waals surface area contributed by atoms with Gasteiger partial charge in [0.15, 0.2) is 0 Å². The molecule has 0 aromatic heterocycles. The topological polar surface area (TPSA) is 35.2 Å². The van der Waals surface area contributed by atoms with Gasteiger partial charge in [0.1, 0.15) is 18.2 Å². The molecule has 0 heterocycles. The Morgan fingerprint density at radius 2 is 1.90 bits per heavy atom. The van der Waals surface area contributed by atoms with Crippen molar-refractivity contribution in [3.8, 4) is 17.6 Å². The van der Waals surface area contributed by atoms with Crippen molar-refractivity contribution in [3.63, 3.8) is 0 Å². The maximum atomic E-state index is 12.9. The van der Waals surface area contributed by atoms with Gasteiger partial charge in [-0.15, -0.1) is 0 Å². The minimum atomic E-state index is -0.384. The summed E-state index contributed by atoms with van der Waals surface area (Å²) in [5.41, 5.74) is 7.19. The fourth-order valence-electron chi connectivity index (χ4n) is 1.59. The third-order valence-corrected chi connectivity index (χ3v) is 2.87. The molecule has 0 aliphatic heterocycles. The first-order chi connectivity index (χ1) is 9.69. The van der Waals surface area contributed by atoms with E-state index < -0.39 is 0 Å². The van der Waals surface area contributed by atoms with E-state index in [1.165, 1.54) is 18.2 Å². The maximum Gasteiger partial charge on any atom is 0.138 e. The molecule has 0 atom stereocenters. The molecule has 20 heavy (non-hydrogen) atoms. The van der Waals surface area contributed by atoms with Crippen LogP contribution in [0.15, 0.2) is 42.5 Å². The average molecular weight is 290 g/mol. The number of hydrogen-bond donors (Lipinski definition) is 1. The number of ether oxygens (including phenoxy) is 1. The standard InChI is InChI=1S/C16H13ClFNO/c17-15-10-14(18)7-8-16(15)20-11-13-5-3-12(4-6-13)2-1-9-19/h3-8,10H,9,11,19H2. The third kappa shape index (κ3) is 3.99. The molecule has 2 N–H and O–H groups in total. The van der Waals surface area contributed by atoms with E-state index in [9.17, 15) is 4.39 Å². The minimum absolute atomic E-state index is 0.260. The Labute approximate surface area is 122 Å². The Morgan fingerprint density at radius 1 is 1.15 bits per heavy atom. The predicted octanol–water partition coefficient (Wildman–Crippen LogP) is 3.37. The number of nitrogens with two attached hydrogens (primary N) is 1. The molecule has 102 valence electrons. The molecule has 0 radical (unpaired) electrons. The number of hydrogen-bond acceptors (Lipinski definition) is 2. The molecule has 0 saturated heterocycles. The highest BCUT2D eigenvalue weighted by Crippen LogP contribution is 2.25. The fourth-order valence-corrected chi connectivity index (χ4v) is 1.81. The van der Waals surface area contributed by atoms with Crippen molar-refractivity contribution >= 4 is 11.6 Å². The highest BCUT2D eigenvalue weighted by atomic mass is 35.5. The zero-order valence-electron chi connectivity index (χ0n) is 10.7. The zero-order chi connectivity index (χ0) is 14.4. The Balaban J connectivity index is 2.00. The lowest BCUT2D eigenvalue weighted by Gasteiger charge is -2.08. The van der Waals surface area contributed by atoms with E-state index in [0.717, 1.165) is 11.1 Å². The van der Waals surface area contributed by atoms with Crippen molar-refractivity contribution in [2.75, 3.05) is 6.54 Å². The predicted molar refractivity (Wildman–Crippen MR) is 78.1 cm³/mol. The molecule has 2 aromatic rings. The van der Waals surface area contributed by atoms with Gasteiger partial charge in [-0.25, -0.2) is 4.39 Å². The van der Waals surface area contributed by atoms with Crippen LogP contribution in [0.5, 0.6) is 5.75 Å². The van der Waals surface area contributed by atoms with Crippen LogP contribution >= 0.6 is 11.6 Å². The molecule has 0 bridgehead atoms. The van der Waals surface area contributed by atoms with Crippen LogP contribution in [0.25, 0.3) is 0 Å². The van der Waals surface area contributed by atoms with Gasteiger partial charge < -0.3 is 10.5 Å². The first kappa shape index (κ1) is 14.4. The van der Waals surface area contributed by atoms with Crippen LogP contribution in [0, 0.1) is 17.7 Å². The van der Waals surface area contributed by atoms with E-state index in [2.05, 4.69) is 11.8 Å². The summed E-state index contributed by atoms with van der Waals surface area (Å²) in [6.07, 6.45) is 0. The molecule has 4 heteroatoms. The van der Waals surface area contributed by atoms with Crippen LogP contribution in [0.3, 0.4) is 0 Å². The van der Waals surface area contributed by atoms with E-state index in [1.54, 1.807) is 0 Å². The smallest absolute Gasteiger partial charge is 0.138 e. The number of rotatable bonds is 3. The van der Waals surface area contributed by atoms with Gasteiger partial charge in [0.25, 0.3) is 0 Å². The minimum Gasteiger partial charge on any atom is -0.487 e. The lowest BCUT2D eigenvalue weighted by molar-refractivity contribution is 0.306. The Bertz CT molecular complexity index is 644. The lowest BCUT2D eigenvalue weighted by atomic mass is 10.1. The van der Waals surface area contributed by atoms with E-state index in [-0.39, 0.29) is 10.8 Å². The third-order valence-electron chi connectivity index (χ3n) is 2.58. The van der Waals surface area contributed by atoms with Crippen molar-refractivity contribution in [1.29, 1.82) is 0 Å². The van der Waals surface area contributed by atoms with Crippen molar-refractivity contribution in [2.45, 2.75) is 6.61 Å². The Hall–Kier alpha value is -2.02. The normalized spacial score (nSPS) is 9.75. The molecular weight excluding hydrogens is 277 g/mol. The summed E-state index contributed by atoms with van der Waals surface area (Å²) < 4.78 is 18.4. The lowest BCUT2D eigenvalue weighted by Crippen LogP contribution is -1.96. The molecule has 0 aliphatic rings. The second-order valence-corrected chi connectivity index (χ2v) is 4.47. The van der Waals surface area contributed by atoms with Crippen LogP contribution in [-0.2, 0) is 6.61 Å². The zero-order valence-corrected chi connectivity index (χ0v) is 11.5. The van der Waals surface area contributed by atoms with Crippen molar-refractivity contribution < 1.29 is 9.13 Å². The van der Waals surface area contributed by atoms with Gasteiger partial charge in [-0.05, 0) is 35.9 Å². The van der Waals surface area contributed by atoms with Crippen molar-refractivity contribution in [3.05, 3.63) is 64.4 Å². The van der Waals surface area contributed by atoms with E-state index >= 15 is 0 Å². The second-order valence-electron chi connectivity index (χ2n) is 4.07. The van der Waals surface area contributed by atoms with Crippen LogP contribution in [0.4, 0.5) is 4.39 Å². The molecule has 0 unspecified atom stereocenters. The molecule has 0 spiro atoms. The molecule has 0 fully saturated rings. The highest BCUT2D eigenvalue weighted by molar-refractivity contribution is 6.32. The van der Waals surface area contributed by atoms with Crippen LogP contribution in [0.1, 0.15) is 11.1 Å². The molecule has 2 nitrogen and oxygen atoms in total. The largest absolute Gasteiger partial charge is 0.487 e. The monoisotopic (exact) mass is 289 g/mol.